The average molecular weight is 498 g/mol. The van der Waals surface area contributed by atoms with E-state index >= 15 is 0 Å². The number of halogens is 1. The van der Waals surface area contributed by atoms with Crippen molar-refractivity contribution < 1.29 is 19.1 Å². The molecule has 1 amide bonds. The van der Waals surface area contributed by atoms with E-state index in [1.54, 1.807) is 13.0 Å². The van der Waals surface area contributed by atoms with Gasteiger partial charge in [-0.3, -0.25) is 14.5 Å². The summed E-state index contributed by atoms with van der Waals surface area (Å²) >= 11 is 7.31. The molecule has 0 bridgehead atoms. The van der Waals surface area contributed by atoms with Crippen molar-refractivity contribution in [1.29, 1.82) is 0 Å². The van der Waals surface area contributed by atoms with E-state index in [0.717, 1.165) is 36.6 Å². The molecule has 0 fully saturated rings. The number of carbonyl (C=O) groups is 3. The number of aryl methyl sites for hydroxylation is 1. The summed E-state index contributed by atoms with van der Waals surface area (Å²) < 4.78 is 4.87. The van der Waals surface area contributed by atoms with E-state index in [2.05, 4.69) is 6.92 Å². The molecule has 0 aliphatic carbocycles. The standard InChI is InChI=1S/C26H40ClNO4S/c1-6-7-8-9-10-11-12-13-14-15-24(30)33-18-23(29)28(21(4)26(31)32-5)25-19(2)16-17-22(27)20(25)3/h16-17,21H,6-15,18H2,1-5H3. The van der Waals surface area contributed by atoms with Gasteiger partial charge in [-0.25, -0.2) is 4.79 Å². The molecule has 1 aromatic rings. The summed E-state index contributed by atoms with van der Waals surface area (Å²) in [4.78, 5) is 39.2. The molecule has 0 saturated heterocycles. The molecule has 186 valence electrons. The summed E-state index contributed by atoms with van der Waals surface area (Å²) in [7, 11) is 1.29. The maximum atomic E-state index is 13.2. The molecular formula is C26H40ClNO4S. The van der Waals surface area contributed by atoms with Gasteiger partial charge < -0.3 is 4.74 Å². The minimum atomic E-state index is -0.827. The van der Waals surface area contributed by atoms with E-state index in [4.69, 9.17) is 16.3 Å². The zero-order chi connectivity index (χ0) is 24.8. The summed E-state index contributed by atoms with van der Waals surface area (Å²) in [5.41, 5.74) is 2.14. The highest BCUT2D eigenvalue weighted by molar-refractivity contribution is 8.14. The van der Waals surface area contributed by atoms with Crippen LogP contribution in [-0.2, 0) is 19.1 Å². The third-order valence-corrected chi connectivity index (χ3v) is 7.17. The number of thioether (sulfide) groups is 1. The van der Waals surface area contributed by atoms with E-state index in [1.807, 2.05) is 19.9 Å². The topological polar surface area (TPSA) is 63.7 Å². The van der Waals surface area contributed by atoms with Gasteiger partial charge in [0.25, 0.3) is 0 Å². The van der Waals surface area contributed by atoms with Gasteiger partial charge in [-0.2, -0.15) is 0 Å². The molecule has 0 N–H and O–H groups in total. The van der Waals surface area contributed by atoms with E-state index in [-0.39, 0.29) is 16.8 Å². The van der Waals surface area contributed by atoms with Crippen LogP contribution in [0.5, 0.6) is 0 Å². The fourth-order valence-corrected chi connectivity index (χ4v) is 4.72. The van der Waals surface area contributed by atoms with Crippen molar-refractivity contribution in [2.75, 3.05) is 17.8 Å². The van der Waals surface area contributed by atoms with Crippen molar-refractivity contribution in [3.63, 3.8) is 0 Å². The van der Waals surface area contributed by atoms with Crippen LogP contribution in [0.25, 0.3) is 0 Å². The molecule has 1 unspecified atom stereocenters. The summed E-state index contributed by atoms with van der Waals surface area (Å²) in [5.74, 6) is -0.858. The number of carbonyl (C=O) groups excluding carboxylic acids is 3. The molecular weight excluding hydrogens is 458 g/mol. The molecule has 33 heavy (non-hydrogen) atoms. The van der Waals surface area contributed by atoms with Gasteiger partial charge in [0.05, 0.1) is 18.6 Å². The van der Waals surface area contributed by atoms with Crippen LogP contribution in [0.15, 0.2) is 12.1 Å². The van der Waals surface area contributed by atoms with Crippen molar-refractivity contribution in [3.05, 3.63) is 28.3 Å². The van der Waals surface area contributed by atoms with E-state index in [0.29, 0.717) is 22.7 Å². The second-order valence-electron chi connectivity index (χ2n) is 8.54. The van der Waals surface area contributed by atoms with Gasteiger partial charge in [-0.15, -0.1) is 0 Å². The summed E-state index contributed by atoms with van der Waals surface area (Å²) in [6.45, 7) is 7.53. The fraction of sp³-hybridized carbons (Fsp3) is 0.654. The number of unbranched alkanes of at least 4 members (excludes halogenated alkanes) is 8. The Bertz CT molecular complexity index is 784. The molecule has 0 spiro atoms. The first-order chi connectivity index (χ1) is 15.7. The van der Waals surface area contributed by atoms with Gasteiger partial charge in [0.15, 0.2) is 5.12 Å². The summed E-state index contributed by atoms with van der Waals surface area (Å²) in [5, 5.41) is 0.524. The lowest BCUT2D eigenvalue weighted by Crippen LogP contribution is -2.45. The molecule has 0 aliphatic rings. The lowest BCUT2D eigenvalue weighted by atomic mass is 10.1. The van der Waals surface area contributed by atoms with Gasteiger partial charge in [0, 0.05) is 11.4 Å². The van der Waals surface area contributed by atoms with Crippen LogP contribution < -0.4 is 4.90 Å². The number of ether oxygens (including phenoxy) is 1. The molecule has 0 heterocycles. The second kappa shape index (κ2) is 16.2. The van der Waals surface area contributed by atoms with Crippen LogP contribution in [-0.4, -0.2) is 35.9 Å². The Morgan fingerprint density at radius 2 is 1.58 bits per heavy atom. The Balaban J connectivity index is 2.61. The molecule has 1 atom stereocenters. The lowest BCUT2D eigenvalue weighted by molar-refractivity contribution is -0.142. The van der Waals surface area contributed by atoms with Crippen molar-refractivity contribution in [2.24, 2.45) is 0 Å². The van der Waals surface area contributed by atoms with Crippen molar-refractivity contribution in [3.8, 4) is 0 Å². The van der Waals surface area contributed by atoms with E-state index in [1.165, 1.54) is 50.5 Å². The maximum Gasteiger partial charge on any atom is 0.328 e. The minimum absolute atomic E-state index is 0.0107. The number of benzene rings is 1. The molecule has 5 nitrogen and oxygen atoms in total. The fourth-order valence-electron chi connectivity index (χ4n) is 3.86. The molecule has 7 heteroatoms. The Labute approximate surface area is 209 Å². The van der Waals surface area contributed by atoms with Gasteiger partial charge >= 0.3 is 5.97 Å². The first-order valence-electron chi connectivity index (χ1n) is 12.1. The molecule has 1 rings (SSSR count). The zero-order valence-corrected chi connectivity index (χ0v) is 22.4. The number of anilines is 1. The summed E-state index contributed by atoms with van der Waals surface area (Å²) in [6, 6.07) is 2.76. The number of amides is 1. The number of nitrogens with zero attached hydrogens (tertiary/aromatic N) is 1. The molecule has 0 radical (unpaired) electrons. The summed E-state index contributed by atoms with van der Waals surface area (Å²) in [6.07, 6.45) is 11.2. The van der Waals surface area contributed by atoms with E-state index in [9.17, 15) is 14.4 Å². The molecule has 0 aliphatic heterocycles. The Morgan fingerprint density at radius 3 is 2.15 bits per heavy atom. The Morgan fingerprint density at radius 1 is 1.00 bits per heavy atom. The van der Waals surface area contributed by atoms with Crippen molar-refractivity contribution in [1.82, 2.24) is 0 Å². The first kappa shape index (κ1) is 29.5. The predicted octanol–water partition coefficient (Wildman–Crippen LogP) is 7.03. The van der Waals surface area contributed by atoms with Gasteiger partial charge in [-0.1, -0.05) is 87.7 Å². The van der Waals surface area contributed by atoms with E-state index < -0.39 is 12.0 Å². The normalized spacial score (nSPS) is 11.8. The highest BCUT2D eigenvalue weighted by Crippen LogP contribution is 2.32. The van der Waals surface area contributed by atoms with Crippen molar-refractivity contribution in [2.45, 2.75) is 97.9 Å². The second-order valence-corrected chi connectivity index (χ2v) is 9.98. The quantitative estimate of drug-likeness (QED) is 0.192. The van der Waals surface area contributed by atoms with Crippen LogP contribution in [0.3, 0.4) is 0 Å². The smallest absolute Gasteiger partial charge is 0.328 e. The number of hydrogen-bond acceptors (Lipinski definition) is 5. The van der Waals surface area contributed by atoms with Crippen LogP contribution in [0.1, 0.15) is 89.2 Å². The third-order valence-electron chi connectivity index (χ3n) is 5.85. The van der Waals surface area contributed by atoms with Crippen LogP contribution in [0.4, 0.5) is 5.69 Å². The van der Waals surface area contributed by atoms with Gasteiger partial charge in [0.1, 0.15) is 6.04 Å². The average Bonchev–Trinajstić information content (AvgIpc) is 2.80. The van der Waals surface area contributed by atoms with Crippen LogP contribution >= 0.6 is 23.4 Å². The predicted molar refractivity (Wildman–Crippen MR) is 139 cm³/mol. The molecule has 0 aromatic heterocycles. The number of methoxy groups -OCH3 is 1. The Kier molecular flexibility index (Phi) is 14.4. The van der Waals surface area contributed by atoms with Gasteiger partial charge in [0.2, 0.25) is 5.91 Å². The highest BCUT2D eigenvalue weighted by atomic mass is 35.5. The third kappa shape index (κ3) is 10.1. The minimum Gasteiger partial charge on any atom is -0.467 e. The molecule has 1 aromatic carbocycles. The number of hydrogen-bond donors (Lipinski definition) is 0. The van der Waals surface area contributed by atoms with Crippen LogP contribution in [0.2, 0.25) is 5.02 Å². The highest BCUT2D eigenvalue weighted by Gasteiger charge is 2.31. The molecule has 0 saturated carbocycles. The first-order valence-corrected chi connectivity index (χ1v) is 13.4. The van der Waals surface area contributed by atoms with Crippen LogP contribution in [0, 0.1) is 13.8 Å². The monoisotopic (exact) mass is 497 g/mol. The number of esters is 1. The number of rotatable bonds is 15. The Hall–Kier alpha value is -1.53. The lowest BCUT2D eigenvalue weighted by Gasteiger charge is -2.30. The van der Waals surface area contributed by atoms with Crippen molar-refractivity contribution >= 4 is 46.0 Å². The SMILES string of the molecule is CCCCCCCCCCCC(=O)SCC(=O)N(c1c(C)ccc(Cl)c1C)C(C)C(=O)OC. The maximum absolute atomic E-state index is 13.2. The largest absolute Gasteiger partial charge is 0.467 e. The van der Waals surface area contributed by atoms with Gasteiger partial charge in [-0.05, 0) is 44.4 Å². The zero-order valence-electron chi connectivity index (χ0n) is 20.9.